The maximum absolute atomic E-state index is 13.5. The van der Waals surface area contributed by atoms with Crippen LogP contribution in [-0.4, -0.2) is 45.0 Å². The van der Waals surface area contributed by atoms with Crippen LogP contribution < -0.4 is 14.4 Å². The van der Waals surface area contributed by atoms with Crippen molar-refractivity contribution in [3.05, 3.63) is 88.0 Å². The van der Waals surface area contributed by atoms with Crippen LogP contribution >= 0.6 is 0 Å². The van der Waals surface area contributed by atoms with Crippen molar-refractivity contribution in [1.29, 1.82) is 0 Å². The molecule has 0 radical (unpaired) electrons. The molecule has 11 nitrogen and oxygen atoms in total. The molecule has 0 saturated heterocycles. The van der Waals surface area contributed by atoms with E-state index in [1.54, 1.807) is 44.2 Å². The first kappa shape index (κ1) is 28.1. The van der Waals surface area contributed by atoms with Crippen LogP contribution in [0.4, 0.5) is 17.1 Å². The van der Waals surface area contributed by atoms with Gasteiger partial charge in [-0.3, -0.25) is 19.2 Å². The summed E-state index contributed by atoms with van der Waals surface area (Å²) >= 11 is 0. The number of nitrogens with zero attached hydrogens (tertiary/aromatic N) is 2. The number of nitro groups is 1. The number of hydrogen-bond donors (Lipinski definition) is 1. The summed E-state index contributed by atoms with van der Waals surface area (Å²) in [7, 11) is -2.68. The molecule has 1 amide bonds. The first-order chi connectivity index (χ1) is 18.0. The number of sulfonamides is 1. The van der Waals surface area contributed by atoms with E-state index in [0.717, 1.165) is 6.07 Å². The molecule has 12 heteroatoms. The molecule has 0 aliphatic rings. The number of benzene rings is 3. The second-order valence-corrected chi connectivity index (χ2v) is 9.99. The van der Waals surface area contributed by atoms with Crippen molar-refractivity contribution in [2.75, 3.05) is 23.3 Å². The number of methoxy groups -OCH3 is 1. The van der Waals surface area contributed by atoms with Crippen molar-refractivity contribution >= 4 is 39.0 Å². The van der Waals surface area contributed by atoms with Crippen molar-refractivity contribution in [2.45, 2.75) is 31.8 Å². The van der Waals surface area contributed by atoms with E-state index in [1.807, 2.05) is 0 Å². The number of carbonyl (C=O) groups excluding carboxylic acids is 2. The lowest BCUT2D eigenvalue weighted by molar-refractivity contribution is -0.384. The number of non-ortho nitro benzene ring substituents is 1. The van der Waals surface area contributed by atoms with Gasteiger partial charge in [-0.1, -0.05) is 24.3 Å². The number of nitrogens with one attached hydrogen (secondary N) is 1. The Labute approximate surface area is 220 Å². The van der Waals surface area contributed by atoms with Gasteiger partial charge in [0.05, 0.1) is 33.9 Å². The summed E-state index contributed by atoms with van der Waals surface area (Å²) in [5.74, 6) is -1.51. The molecule has 0 aliphatic carbocycles. The molecule has 3 rings (SSSR count). The van der Waals surface area contributed by atoms with Crippen molar-refractivity contribution in [2.24, 2.45) is 0 Å². The quantitative estimate of drug-likeness (QED) is 0.227. The van der Waals surface area contributed by atoms with E-state index >= 15 is 0 Å². The Kier molecular flexibility index (Phi) is 8.68. The Balaban J connectivity index is 1.81. The fraction of sp³-hybridized carbons (Fsp3) is 0.231. The molecule has 0 aromatic heterocycles. The molecule has 1 N–H and O–H groups in total. The molecule has 0 bridgehead atoms. The number of nitro benzene ring substituents is 1. The number of ether oxygens (including phenoxy) is 2. The minimum atomic E-state index is -4.02. The van der Waals surface area contributed by atoms with Crippen LogP contribution in [0.2, 0.25) is 0 Å². The Morgan fingerprint density at radius 1 is 1.08 bits per heavy atom. The standard InChI is InChI=1S/C26H27N3O8S/c1-5-28(20-9-7-6-8-10-20)38(34,35)24-15-19(12-11-17(24)2)26(31)37-18(3)25(30)27-22-16-21(29(32)33)13-14-23(22)36-4/h6-16,18H,5H2,1-4H3,(H,27,30)/t18-/m1/s1. The van der Waals surface area contributed by atoms with Crippen molar-refractivity contribution in [3.8, 4) is 5.75 Å². The molecule has 38 heavy (non-hydrogen) atoms. The average Bonchev–Trinajstić information content (AvgIpc) is 2.89. The lowest BCUT2D eigenvalue weighted by Gasteiger charge is -2.24. The SMILES string of the molecule is CCN(c1ccccc1)S(=O)(=O)c1cc(C(=O)O[C@H](C)C(=O)Nc2cc([N+](=O)[O-])ccc2OC)ccc1C. The molecule has 0 saturated carbocycles. The zero-order chi connectivity index (χ0) is 28.0. The minimum absolute atomic E-state index is 0.0267. The zero-order valence-electron chi connectivity index (χ0n) is 21.2. The van der Waals surface area contributed by atoms with Crippen molar-refractivity contribution in [3.63, 3.8) is 0 Å². The first-order valence-electron chi connectivity index (χ1n) is 11.5. The van der Waals surface area contributed by atoms with Crippen LogP contribution in [0.3, 0.4) is 0 Å². The number of esters is 1. The number of aryl methyl sites for hydroxylation is 1. The second-order valence-electron chi connectivity index (χ2n) is 8.16. The Bertz CT molecular complexity index is 1460. The third-order valence-corrected chi connectivity index (χ3v) is 7.67. The number of carbonyl (C=O) groups is 2. The van der Waals surface area contributed by atoms with Gasteiger partial charge in [-0.05, 0) is 56.7 Å². The van der Waals surface area contributed by atoms with Gasteiger partial charge in [0.2, 0.25) is 0 Å². The highest BCUT2D eigenvalue weighted by Crippen LogP contribution is 2.29. The third-order valence-electron chi connectivity index (χ3n) is 5.63. The molecule has 3 aromatic rings. The number of para-hydroxylation sites is 1. The van der Waals surface area contributed by atoms with Crippen LogP contribution in [0.25, 0.3) is 0 Å². The molecular weight excluding hydrogens is 514 g/mol. The molecule has 0 aliphatic heterocycles. The van der Waals surface area contributed by atoms with Gasteiger partial charge >= 0.3 is 5.97 Å². The normalized spacial score (nSPS) is 11.8. The maximum atomic E-state index is 13.5. The molecule has 200 valence electrons. The van der Waals surface area contributed by atoms with Gasteiger partial charge < -0.3 is 14.8 Å². The summed E-state index contributed by atoms with van der Waals surface area (Å²) in [6.07, 6.45) is -1.32. The predicted molar refractivity (Wildman–Crippen MR) is 141 cm³/mol. The van der Waals surface area contributed by atoms with E-state index < -0.39 is 32.9 Å². The van der Waals surface area contributed by atoms with E-state index in [4.69, 9.17) is 9.47 Å². The fourth-order valence-corrected chi connectivity index (χ4v) is 5.36. The van der Waals surface area contributed by atoms with Crippen LogP contribution in [0.15, 0.2) is 71.6 Å². The predicted octanol–water partition coefficient (Wildman–Crippen LogP) is 4.31. The minimum Gasteiger partial charge on any atom is -0.495 e. The lowest BCUT2D eigenvalue weighted by Crippen LogP contribution is -2.32. The fourth-order valence-electron chi connectivity index (χ4n) is 3.63. The van der Waals surface area contributed by atoms with Gasteiger partial charge in [0.15, 0.2) is 6.10 Å². The summed E-state index contributed by atoms with van der Waals surface area (Å²) in [6, 6.07) is 16.3. The van der Waals surface area contributed by atoms with E-state index in [2.05, 4.69) is 5.32 Å². The summed E-state index contributed by atoms with van der Waals surface area (Å²) < 4.78 is 38.6. The largest absolute Gasteiger partial charge is 0.495 e. The van der Waals surface area contributed by atoms with Gasteiger partial charge in [0.25, 0.3) is 21.6 Å². The average molecular weight is 542 g/mol. The summed E-state index contributed by atoms with van der Waals surface area (Å²) in [5.41, 5.74) is 0.601. The van der Waals surface area contributed by atoms with Crippen LogP contribution in [0, 0.1) is 17.0 Å². The molecule has 1 atom stereocenters. The number of anilines is 2. The highest BCUT2D eigenvalue weighted by atomic mass is 32.2. The number of rotatable bonds is 10. The van der Waals surface area contributed by atoms with E-state index in [-0.39, 0.29) is 34.1 Å². The molecule has 0 fully saturated rings. The van der Waals surface area contributed by atoms with Gasteiger partial charge in [0, 0.05) is 18.7 Å². The first-order valence-corrected chi connectivity index (χ1v) is 13.0. The number of hydrogen-bond acceptors (Lipinski definition) is 8. The summed E-state index contributed by atoms with van der Waals surface area (Å²) in [6.45, 7) is 4.80. The smallest absolute Gasteiger partial charge is 0.338 e. The van der Waals surface area contributed by atoms with E-state index in [0.29, 0.717) is 11.3 Å². The second kappa shape index (κ2) is 11.7. The Hall–Kier alpha value is -4.45. The van der Waals surface area contributed by atoms with Gasteiger partial charge in [0.1, 0.15) is 5.75 Å². The Morgan fingerprint density at radius 3 is 2.37 bits per heavy atom. The molecule has 0 heterocycles. The van der Waals surface area contributed by atoms with Crippen molar-refractivity contribution < 1.29 is 32.4 Å². The molecule has 3 aromatic carbocycles. The summed E-state index contributed by atoms with van der Waals surface area (Å²) in [4.78, 5) is 35.9. The zero-order valence-corrected chi connectivity index (χ0v) is 22.0. The van der Waals surface area contributed by atoms with Crippen LogP contribution in [0.5, 0.6) is 5.75 Å². The number of amides is 1. The highest BCUT2D eigenvalue weighted by molar-refractivity contribution is 7.92. The highest BCUT2D eigenvalue weighted by Gasteiger charge is 2.28. The molecular formula is C26H27N3O8S. The van der Waals surface area contributed by atoms with Crippen molar-refractivity contribution in [1.82, 2.24) is 0 Å². The lowest BCUT2D eigenvalue weighted by atomic mass is 10.1. The van der Waals surface area contributed by atoms with Gasteiger partial charge in [-0.25, -0.2) is 13.2 Å². The molecule has 0 spiro atoms. The van der Waals surface area contributed by atoms with Crippen LogP contribution in [-0.2, 0) is 19.6 Å². The third kappa shape index (κ3) is 6.09. The van der Waals surface area contributed by atoms with E-state index in [1.165, 1.54) is 48.7 Å². The maximum Gasteiger partial charge on any atom is 0.338 e. The van der Waals surface area contributed by atoms with Gasteiger partial charge in [-0.2, -0.15) is 0 Å². The summed E-state index contributed by atoms with van der Waals surface area (Å²) in [5, 5.41) is 13.5. The van der Waals surface area contributed by atoms with Gasteiger partial charge in [-0.15, -0.1) is 0 Å². The van der Waals surface area contributed by atoms with Crippen LogP contribution in [0.1, 0.15) is 29.8 Å². The topological polar surface area (TPSA) is 145 Å². The monoisotopic (exact) mass is 541 g/mol. The molecule has 0 unspecified atom stereocenters. The Morgan fingerprint density at radius 2 is 1.76 bits per heavy atom. The van der Waals surface area contributed by atoms with E-state index in [9.17, 15) is 28.1 Å².